The number of benzene rings is 1. The van der Waals surface area contributed by atoms with Crippen molar-refractivity contribution in [3.05, 3.63) is 35.6 Å². The number of carbonyl (C=O) groups excluding carboxylic acids is 1. The van der Waals surface area contributed by atoms with Crippen LogP contribution in [-0.4, -0.2) is 25.5 Å². The van der Waals surface area contributed by atoms with E-state index in [-0.39, 0.29) is 24.3 Å². The quantitative estimate of drug-likeness (QED) is 0.773. The molecule has 1 aromatic carbocycles. The molecular weight excluding hydrogens is 239 g/mol. The Morgan fingerprint density at radius 2 is 2.17 bits per heavy atom. The smallest absolute Gasteiger partial charge is 0.310 e. The first-order valence-corrected chi connectivity index (χ1v) is 5.87. The normalized spacial score (nSPS) is 23.0. The van der Waals surface area contributed by atoms with Gasteiger partial charge in [-0.15, -0.1) is 0 Å². The summed E-state index contributed by atoms with van der Waals surface area (Å²) in [6.45, 7) is 2.44. The Morgan fingerprint density at radius 1 is 1.44 bits per heavy atom. The third-order valence-corrected chi connectivity index (χ3v) is 2.63. The summed E-state index contributed by atoms with van der Waals surface area (Å²) in [5.41, 5.74) is 0.836. The molecule has 1 heterocycles. The molecule has 2 unspecified atom stereocenters. The van der Waals surface area contributed by atoms with Crippen LogP contribution in [0.25, 0.3) is 0 Å². The number of ether oxygens (including phenoxy) is 3. The minimum Gasteiger partial charge on any atom is -0.466 e. The van der Waals surface area contributed by atoms with E-state index >= 15 is 0 Å². The van der Waals surface area contributed by atoms with Gasteiger partial charge in [-0.25, -0.2) is 4.39 Å². The highest BCUT2D eigenvalue weighted by Crippen LogP contribution is 2.27. The van der Waals surface area contributed by atoms with Crippen LogP contribution in [0.3, 0.4) is 0 Å². The molecule has 1 saturated heterocycles. The molecule has 0 N–H and O–H groups in total. The Balaban J connectivity index is 1.88. The number of hydrogen-bond acceptors (Lipinski definition) is 4. The summed E-state index contributed by atoms with van der Waals surface area (Å²) in [5.74, 6) is -0.636. The van der Waals surface area contributed by atoms with E-state index in [4.69, 9.17) is 14.2 Å². The second-order valence-electron chi connectivity index (χ2n) is 3.95. The molecule has 1 aliphatic rings. The molecule has 1 aromatic rings. The van der Waals surface area contributed by atoms with Crippen molar-refractivity contribution in [3.8, 4) is 0 Å². The molecule has 0 saturated carbocycles. The van der Waals surface area contributed by atoms with Crippen molar-refractivity contribution in [3.63, 3.8) is 0 Å². The van der Waals surface area contributed by atoms with E-state index < -0.39 is 6.29 Å². The van der Waals surface area contributed by atoms with Gasteiger partial charge in [0.05, 0.1) is 19.6 Å². The molecule has 18 heavy (non-hydrogen) atoms. The van der Waals surface area contributed by atoms with Gasteiger partial charge in [-0.3, -0.25) is 4.79 Å². The van der Waals surface area contributed by atoms with Crippen molar-refractivity contribution in [2.45, 2.75) is 25.7 Å². The highest BCUT2D eigenvalue weighted by molar-refractivity contribution is 5.69. The lowest BCUT2D eigenvalue weighted by molar-refractivity contribution is -0.152. The first kappa shape index (κ1) is 13.0. The van der Waals surface area contributed by atoms with Gasteiger partial charge in [0.2, 0.25) is 0 Å². The predicted molar refractivity (Wildman–Crippen MR) is 61.2 cm³/mol. The Kier molecular flexibility index (Phi) is 4.28. The molecular formula is C13H15FO4. The van der Waals surface area contributed by atoms with E-state index in [1.54, 1.807) is 19.1 Å². The van der Waals surface area contributed by atoms with Gasteiger partial charge in [-0.1, -0.05) is 12.1 Å². The molecule has 2 rings (SSSR count). The minimum absolute atomic E-state index is 0.0749. The van der Waals surface area contributed by atoms with E-state index in [0.717, 1.165) is 5.56 Å². The van der Waals surface area contributed by atoms with Gasteiger partial charge in [0.25, 0.3) is 0 Å². The lowest BCUT2D eigenvalue weighted by Gasteiger charge is -2.11. The predicted octanol–water partition coefficient (Wildman–Crippen LogP) is 2.19. The average Bonchev–Trinajstić information content (AvgIpc) is 2.78. The lowest BCUT2D eigenvalue weighted by Crippen LogP contribution is -2.16. The zero-order chi connectivity index (χ0) is 13.0. The molecule has 0 bridgehead atoms. The molecule has 0 radical (unpaired) electrons. The van der Waals surface area contributed by atoms with Crippen LogP contribution >= 0.6 is 0 Å². The molecule has 98 valence electrons. The van der Waals surface area contributed by atoms with Gasteiger partial charge < -0.3 is 14.2 Å². The molecule has 0 spiro atoms. The van der Waals surface area contributed by atoms with Crippen molar-refractivity contribution in [1.29, 1.82) is 0 Å². The zero-order valence-electron chi connectivity index (χ0n) is 10.1. The molecule has 5 heteroatoms. The molecule has 2 atom stereocenters. The minimum atomic E-state index is -0.584. The second kappa shape index (κ2) is 5.93. The van der Waals surface area contributed by atoms with Gasteiger partial charge in [-0.2, -0.15) is 0 Å². The Morgan fingerprint density at radius 3 is 2.83 bits per heavy atom. The van der Waals surface area contributed by atoms with Crippen molar-refractivity contribution < 1.29 is 23.4 Å². The summed E-state index contributed by atoms with van der Waals surface area (Å²) >= 11 is 0. The van der Waals surface area contributed by atoms with E-state index in [2.05, 4.69) is 0 Å². The fraction of sp³-hybridized carbons (Fsp3) is 0.462. The van der Waals surface area contributed by atoms with Gasteiger partial charge >= 0.3 is 5.97 Å². The number of halogens is 1. The van der Waals surface area contributed by atoms with Crippen LogP contribution in [0.1, 0.15) is 25.0 Å². The molecule has 1 fully saturated rings. The Labute approximate surface area is 105 Å². The maximum atomic E-state index is 12.8. The standard InChI is InChI=1S/C13H15FO4/c1-2-16-12(15)7-13-17-8-11(18-13)9-3-5-10(14)6-4-9/h3-6,11,13H,2,7-8H2,1H3. The number of hydrogen-bond donors (Lipinski definition) is 0. The largest absolute Gasteiger partial charge is 0.466 e. The summed E-state index contributed by atoms with van der Waals surface area (Å²) in [6, 6.07) is 6.04. The molecule has 0 amide bonds. The first-order chi connectivity index (χ1) is 8.69. The number of esters is 1. The fourth-order valence-electron chi connectivity index (χ4n) is 1.77. The Bertz CT molecular complexity index is 404. The Hall–Kier alpha value is -1.46. The van der Waals surface area contributed by atoms with Crippen LogP contribution in [0.2, 0.25) is 0 Å². The first-order valence-electron chi connectivity index (χ1n) is 5.87. The van der Waals surface area contributed by atoms with Crippen molar-refractivity contribution in [2.75, 3.05) is 13.2 Å². The van der Waals surface area contributed by atoms with E-state index in [0.29, 0.717) is 13.2 Å². The molecule has 4 nitrogen and oxygen atoms in total. The lowest BCUT2D eigenvalue weighted by atomic mass is 10.1. The average molecular weight is 254 g/mol. The summed E-state index contributed by atoms with van der Waals surface area (Å²) < 4.78 is 28.5. The zero-order valence-corrected chi connectivity index (χ0v) is 10.1. The summed E-state index contributed by atoms with van der Waals surface area (Å²) in [4.78, 5) is 11.3. The van der Waals surface area contributed by atoms with Gasteiger partial charge in [-0.05, 0) is 24.6 Å². The van der Waals surface area contributed by atoms with Gasteiger partial charge in [0.1, 0.15) is 11.9 Å². The molecule has 0 aliphatic carbocycles. The van der Waals surface area contributed by atoms with Crippen molar-refractivity contribution in [2.24, 2.45) is 0 Å². The van der Waals surface area contributed by atoms with Gasteiger partial charge in [0, 0.05) is 0 Å². The highest BCUT2D eigenvalue weighted by Gasteiger charge is 2.29. The third kappa shape index (κ3) is 3.27. The van der Waals surface area contributed by atoms with Crippen LogP contribution < -0.4 is 0 Å². The summed E-state index contributed by atoms with van der Waals surface area (Å²) in [6.07, 6.45) is -0.768. The van der Waals surface area contributed by atoms with E-state index in [9.17, 15) is 9.18 Å². The SMILES string of the molecule is CCOC(=O)CC1OCC(c2ccc(F)cc2)O1. The van der Waals surface area contributed by atoms with Crippen LogP contribution in [0.4, 0.5) is 4.39 Å². The monoisotopic (exact) mass is 254 g/mol. The topological polar surface area (TPSA) is 44.8 Å². The fourth-order valence-corrected chi connectivity index (χ4v) is 1.77. The van der Waals surface area contributed by atoms with Crippen molar-refractivity contribution >= 4 is 5.97 Å². The summed E-state index contributed by atoms with van der Waals surface area (Å²) in [7, 11) is 0. The van der Waals surface area contributed by atoms with Crippen LogP contribution in [0.5, 0.6) is 0 Å². The second-order valence-corrected chi connectivity index (χ2v) is 3.95. The van der Waals surface area contributed by atoms with Crippen LogP contribution in [0.15, 0.2) is 24.3 Å². The van der Waals surface area contributed by atoms with Crippen molar-refractivity contribution in [1.82, 2.24) is 0 Å². The number of carbonyl (C=O) groups is 1. The third-order valence-electron chi connectivity index (χ3n) is 2.63. The van der Waals surface area contributed by atoms with E-state index in [1.807, 2.05) is 0 Å². The summed E-state index contributed by atoms with van der Waals surface area (Å²) in [5, 5.41) is 0. The molecule has 0 aromatic heterocycles. The number of rotatable bonds is 4. The maximum Gasteiger partial charge on any atom is 0.310 e. The van der Waals surface area contributed by atoms with Crippen LogP contribution in [0, 0.1) is 5.82 Å². The van der Waals surface area contributed by atoms with Crippen LogP contribution in [-0.2, 0) is 19.0 Å². The van der Waals surface area contributed by atoms with E-state index in [1.165, 1.54) is 12.1 Å². The van der Waals surface area contributed by atoms with Gasteiger partial charge in [0.15, 0.2) is 6.29 Å². The maximum absolute atomic E-state index is 12.8. The highest BCUT2D eigenvalue weighted by atomic mass is 19.1. The molecule has 1 aliphatic heterocycles.